The Bertz CT molecular complexity index is 718. The third-order valence-corrected chi connectivity index (χ3v) is 5.92. The maximum absolute atomic E-state index is 13.0. The minimum Gasteiger partial charge on any atom is -0.330 e. The summed E-state index contributed by atoms with van der Waals surface area (Å²) in [6, 6.07) is 8.28. The molecule has 0 spiro atoms. The molecule has 0 radical (unpaired) electrons. The molecule has 2 saturated heterocycles. The molecule has 2 aromatic rings. The molecule has 2 aliphatic rings. The number of benzene rings is 1. The number of hydrogen-bond acceptors (Lipinski definition) is 4. The van der Waals surface area contributed by atoms with Crippen LogP contribution in [0.2, 0.25) is 5.02 Å². The van der Waals surface area contributed by atoms with Crippen LogP contribution in [0.1, 0.15) is 29.8 Å². The second-order valence-corrected chi connectivity index (χ2v) is 7.37. The van der Waals surface area contributed by atoms with E-state index in [0.29, 0.717) is 22.8 Å². The zero-order chi connectivity index (χ0) is 15.8. The van der Waals surface area contributed by atoms with E-state index in [2.05, 4.69) is 15.2 Å². The summed E-state index contributed by atoms with van der Waals surface area (Å²) >= 11 is 7.72. The van der Waals surface area contributed by atoms with Crippen molar-refractivity contribution >= 4 is 28.8 Å². The minimum absolute atomic E-state index is 0.0655. The van der Waals surface area contributed by atoms with Crippen molar-refractivity contribution in [3.8, 4) is 10.6 Å². The Morgan fingerprint density at radius 1 is 1.26 bits per heavy atom. The van der Waals surface area contributed by atoms with Crippen LogP contribution in [0.5, 0.6) is 0 Å². The van der Waals surface area contributed by atoms with Crippen LogP contribution in [0.4, 0.5) is 0 Å². The van der Waals surface area contributed by atoms with Crippen molar-refractivity contribution in [2.45, 2.75) is 31.3 Å². The van der Waals surface area contributed by atoms with E-state index in [1.807, 2.05) is 29.6 Å². The summed E-state index contributed by atoms with van der Waals surface area (Å²) < 4.78 is 0. The second-order valence-electron chi connectivity index (χ2n) is 6.11. The van der Waals surface area contributed by atoms with Crippen LogP contribution < -0.4 is 5.32 Å². The van der Waals surface area contributed by atoms with Gasteiger partial charge in [0.1, 0.15) is 10.7 Å². The average molecular weight is 348 g/mol. The Morgan fingerprint density at radius 2 is 2.09 bits per heavy atom. The number of halogens is 1. The molecule has 2 bridgehead atoms. The van der Waals surface area contributed by atoms with Crippen LogP contribution in [-0.2, 0) is 0 Å². The molecular formula is C17H18ClN3OS. The lowest BCUT2D eigenvalue weighted by molar-refractivity contribution is 0.0675. The summed E-state index contributed by atoms with van der Waals surface area (Å²) in [6.07, 6.45) is 3.23. The normalized spacial score (nSPS) is 23.8. The Labute approximate surface area is 144 Å². The summed E-state index contributed by atoms with van der Waals surface area (Å²) in [5, 5.41) is 6.76. The number of carbonyl (C=O) groups excluding carboxylic acids is 1. The largest absolute Gasteiger partial charge is 0.330 e. The summed E-state index contributed by atoms with van der Waals surface area (Å²) in [5.41, 5.74) is 1.43. The first-order chi connectivity index (χ1) is 11.2. The molecule has 3 heterocycles. The number of thiazole rings is 1. The molecular weight excluding hydrogens is 330 g/mol. The maximum Gasteiger partial charge on any atom is 0.273 e. The van der Waals surface area contributed by atoms with E-state index in [0.717, 1.165) is 42.9 Å². The molecule has 2 unspecified atom stereocenters. The van der Waals surface area contributed by atoms with Crippen LogP contribution >= 0.6 is 22.9 Å². The molecule has 2 atom stereocenters. The Kier molecular flexibility index (Phi) is 4.09. The van der Waals surface area contributed by atoms with Gasteiger partial charge in [0.2, 0.25) is 0 Å². The zero-order valence-corrected chi connectivity index (χ0v) is 14.2. The average Bonchev–Trinajstić information content (AvgIpc) is 3.11. The van der Waals surface area contributed by atoms with Gasteiger partial charge in [-0.05, 0) is 31.9 Å². The summed E-state index contributed by atoms with van der Waals surface area (Å²) in [5.74, 6) is 0.0655. The van der Waals surface area contributed by atoms with Crippen molar-refractivity contribution in [3.63, 3.8) is 0 Å². The van der Waals surface area contributed by atoms with E-state index in [1.165, 1.54) is 11.3 Å². The predicted molar refractivity (Wildman–Crippen MR) is 93.0 cm³/mol. The Morgan fingerprint density at radius 3 is 2.96 bits per heavy atom. The number of amides is 1. The molecule has 0 saturated carbocycles. The van der Waals surface area contributed by atoms with Gasteiger partial charge in [0.05, 0.1) is 5.02 Å². The fraction of sp³-hybridized carbons (Fsp3) is 0.412. The van der Waals surface area contributed by atoms with Gasteiger partial charge < -0.3 is 10.2 Å². The van der Waals surface area contributed by atoms with Crippen molar-refractivity contribution in [2.24, 2.45) is 0 Å². The van der Waals surface area contributed by atoms with Crippen molar-refractivity contribution in [2.75, 3.05) is 13.1 Å². The van der Waals surface area contributed by atoms with Gasteiger partial charge in [0.15, 0.2) is 0 Å². The lowest BCUT2D eigenvalue weighted by atomic mass is 10.1. The van der Waals surface area contributed by atoms with Crippen molar-refractivity contribution < 1.29 is 4.79 Å². The van der Waals surface area contributed by atoms with E-state index in [4.69, 9.17) is 11.6 Å². The topological polar surface area (TPSA) is 45.2 Å². The number of carbonyl (C=O) groups is 1. The van der Waals surface area contributed by atoms with Gasteiger partial charge in [-0.25, -0.2) is 4.98 Å². The molecule has 1 aromatic heterocycles. The molecule has 6 heteroatoms. The molecule has 1 N–H and O–H groups in total. The molecule has 1 amide bonds. The predicted octanol–water partition coefficient (Wildman–Crippen LogP) is 3.43. The smallest absolute Gasteiger partial charge is 0.273 e. The van der Waals surface area contributed by atoms with Gasteiger partial charge in [0, 0.05) is 29.6 Å². The number of nitrogens with one attached hydrogen (secondary N) is 1. The fourth-order valence-corrected chi connectivity index (χ4v) is 4.69. The van der Waals surface area contributed by atoms with Gasteiger partial charge in [0.25, 0.3) is 5.91 Å². The molecule has 0 aliphatic carbocycles. The fourth-order valence-electron chi connectivity index (χ4n) is 3.58. The molecule has 2 fully saturated rings. The second kappa shape index (κ2) is 6.23. The number of fused-ring (bicyclic) bond motifs is 2. The third kappa shape index (κ3) is 2.77. The molecule has 4 nitrogen and oxygen atoms in total. The third-order valence-electron chi connectivity index (χ3n) is 4.72. The van der Waals surface area contributed by atoms with Gasteiger partial charge >= 0.3 is 0 Å². The Hall–Kier alpha value is -1.43. The van der Waals surface area contributed by atoms with E-state index < -0.39 is 0 Å². The molecule has 1 aromatic carbocycles. The number of aromatic nitrogens is 1. The minimum atomic E-state index is 0.0655. The first-order valence-electron chi connectivity index (χ1n) is 7.98. The highest BCUT2D eigenvalue weighted by molar-refractivity contribution is 7.13. The first-order valence-corrected chi connectivity index (χ1v) is 9.23. The van der Waals surface area contributed by atoms with Gasteiger partial charge in [-0.1, -0.05) is 29.8 Å². The van der Waals surface area contributed by atoms with E-state index in [1.54, 1.807) is 0 Å². The highest BCUT2D eigenvalue weighted by Crippen LogP contribution is 2.33. The summed E-state index contributed by atoms with van der Waals surface area (Å²) in [6.45, 7) is 1.89. The maximum atomic E-state index is 13.0. The number of hydrogen-bond donors (Lipinski definition) is 1. The van der Waals surface area contributed by atoms with Crippen LogP contribution in [0.25, 0.3) is 10.6 Å². The van der Waals surface area contributed by atoms with Crippen LogP contribution in [0, 0.1) is 0 Å². The van der Waals surface area contributed by atoms with Crippen molar-refractivity contribution in [1.29, 1.82) is 0 Å². The highest BCUT2D eigenvalue weighted by Gasteiger charge is 2.39. The SMILES string of the molecule is O=C(c1csc(-c2ccccc2Cl)n1)N1C2CCNCC1CC2. The van der Waals surface area contributed by atoms with E-state index in [9.17, 15) is 4.79 Å². The number of nitrogens with zero attached hydrogens (tertiary/aromatic N) is 2. The van der Waals surface area contributed by atoms with Gasteiger partial charge in [-0.2, -0.15) is 0 Å². The lowest BCUT2D eigenvalue weighted by Crippen LogP contribution is -2.42. The summed E-state index contributed by atoms with van der Waals surface area (Å²) in [7, 11) is 0. The van der Waals surface area contributed by atoms with Gasteiger partial charge in [-0.15, -0.1) is 11.3 Å². The Balaban J connectivity index is 1.62. The first kappa shape index (κ1) is 15.1. The zero-order valence-electron chi connectivity index (χ0n) is 12.7. The summed E-state index contributed by atoms with van der Waals surface area (Å²) in [4.78, 5) is 19.6. The number of rotatable bonds is 2. The molecule has 23 heavy (non-hydrogen) atoms. The van der Waals surface area contributed by atoms with E-state index >= 15 is 0 Å². The highest BCUT2D eigenvalue weighted by atomic mass is 35.5. The lowest BCUT2D eigenvalue weighted by Gasteiger charge is -2.27. The van der Waals surface area contributed by atoms with Gasteiger partial charge in [-0.3, -0.25) is 4.79 Å². The van der Waals surface area contributed by atoms with Crippen LogP contribution in [0.15, 0.2) is 29.6 Å². The van der Waals surface area contributed by atoms with E-state index in [-0.39, 0.29) is 5.91 Å². The molecule has 2 aliphatic heterocycles. The molecule has 4 rings (SSSR count). The standard InChI is InChI=1S/C17H18ClN3OS/c18-14-4-2-1-3-13(14)16-20-15(10-23-16)17(22)21-11-5-6-12(21)9-19-8-7-11/h1-4,10-12,19H,5-9H2. The quantitative estimate of drug-likeness (QED) is 0.905. The van der Waals surface area contributed by atoms with Crippen LogP contribution in [-0.4, -0.2) is 41.0 Å². The molecule has 120 valence electrons. The van der Waals surface area contributed by atoms with Crippen LogP contribution in [0.3, 0.4) is 0 Å². The van der Waals surface area contributed by atoms with Crippen molar-refractivity contribution in [1.82, 2.24) is 15.2 Å². The monoisotopic (exact) mass is 347 g/mol. The van der Waals surface area contributed by atoms with Crippen molar-refractivity contribution in [3.05, 3.63) is 40.4 Å².